The summed E-state index contributed by atoms with van der Waals surface area (Å²) in [6.45, 7) is 11.8. The van der Waals surface area contributed by atoms with Crippen LogP contribution < -0.4 is 19.6 Å². The van der Waals surface area contributed by atoms with Gasteiger partial charge in [0.15, 0.2) is 17.5 Å². The van der Waals surface area contributed by atoms with Crippen LogP contribution in [0.1, 0.15) is 57.4 Å². The van der Waals surface area contributed by atoms with Gasteiger partial charge in [-0.15, -0.1) is 0 Å². The summed E-state index contributed by atoms with van der Waals surface area (Å²) >= 11 is 0. The maximum absolute atomic E-state index is 5.50. The number of pyridine rings is 1. The van der Waals surface area contributed by atoms with E-state index in [4.69, 9.17) is 15.0 Å². The Morgan fingerprint density at radius 1 is 0.577 bits per heavy atom. The van der Waals surface area contributed by atoms with Crippen molar-refractivity contribution in [2.45, 2.75) is 63.7 Å². The Balaban J connectivity index is 1.22. The van der Waals surface area contributed by atoms with Crippen LogP contribution in [0.3, 0.4) is 0 Å². The Kier molecular flexibility index (Phi) is 5.77. The summed E-state index contributed by atoms with van der Waals surface area (Å²) < 4.78 is 0. The summed E-state index contributed by atoms with van der Waals surface area (Å²) in [5.41, 5.74) is 9.03. The number of hydrogen-bond acceptors (Lipinski definition) is 7. The van der Waals surface area contributed by atoms with Crippen LogP contribution in [0.25, 0.3) is 0 Å². The molecule has 4 aromatic carbocycles. The molecule has 0 bridgehead atoms. The monoisotopic (exact) mass is 679 g/mol. The number of anilines is 8. The molecule has 11 rings (SSSR count). The van der Waals surface area contributed by atoms with Gasteiger partial charge in [0.05, 0.1) is 17.6 Å². The predicted molar refractivity (Wildman–Crippen MR) is 209 cm³/mol. The van der Waals surface area contributed by atoms with E-state index >= 15 is 0 Å². The van der Waals surface area contributed by atoms with Crippen LogP contribution in [0, 0.1) is 11.3 Å². The highest BCUT2D eigenvalue weighted by molar-refractivity contribution is 5.92. The summed E-state index contributed by atoms with van der Waals surface area (Å²) in [5, 5.41) is 0. The average Bonchev–Trinajstić information content (AvgIpc) is 3.70. The Bertz CT molecular complexity index is 2410. The van der Waals surface area contributed by atoms with E-state index in [0.717, 1.165) is 34.5 Å². The molecule has 0 N–H and O–H groups in total. The molecule has 0 radical (unpaired) electrons. The molecule has 1 saturated carbocycles. The Hall–Kier alpha value is -5.69. The average molecular weight is 680 g/mol. The molecule has 7 nitrogen and oxygen atoms in total. The van der Waals surface area contributed by atoms with E-state index < -0.39 is 0 Å². The molecular formula is C45H41N7. The molecule has 6 atom stereocenters. The number of rotatable bonds is 2. The van der Waals surface area contributed by atoms with Gasteiger partial charge in [-0.3, -0.25) is 0 Å². The fourth-order valence-electron chi connectivity index (χ4n) is 10.9. The van der Waals surface area contributed by atoms with E-state index in [1.165, 1.54) is 28.2 Å². The molecule has 6 heterocycles. The lowest BCUT2D eigenvalue weighted by Gasteiger charge is -2.76. The van der Waals surface area contributed by atoms with Gasteiger partial charge in [0.1, 0.15) is 12.3 Å². The molecule has 1 aliphatic carbocycles. The fourth-order valence-corrected chi connectivity index (χ4v) is 10.9. The highest BCUT2D eigenvalue weighted by atomic mass is 15.5. The molecule has 6 aromatic rings. The summed E-state index contributed by atoms with van der Waals surface area (Å²) in [6, 6.07) is 44.4. The third kappa shape index (κ3) is 3.45. The van der Waals surface area contributed by atoms with Gasteiger partial charge in [0.2, 0.25) is 0 Å². The number of fused-ring (bicyclic) bond motifs is 18. The van der Waals surface area contributed by atoms with Crippen molar-refractivity contribution in [2.24, 2.45) is 11.3 Å². The van der Waals surface area contributed by atoms with Gasteiger partial charge in [-0.25, -0.2) is 15.0 Å². The van der Waals surface area contributed by atoms with Crippen LogP contribution in [0.15, 0.2) is 134 Å². The zero-order valence-electron chi connectivity index (χ0n) is 30.1. The van der Waals surface area contributed by atoms with Crippen LogP contribution in [-0.2, 0) is 10.8 Å². The minimum absolute atomic E-state index is 0.0412. The molecule has 6 unspecified atom stereocenters. The number of nitrogens with zero attached hydrogens (tertiary/aromatic N) is 7. The smallest absolute Gasteiger partial charge is 0.178 e. The van der Waals surface area contributed by atoms with Crippen molar-refractivity contribution in [3.05, 3.63) is 151 Å². The van der Waals surface area contributed by atoms with Gasteiger partial charge in [-0.1, -0.05) is 107 Å². The number of benzene rings is 4. The van der Waals surface area contributed by atoms with E-state index in [0.29, 0.717) is 0 Å². The first-order valence-electron chi connectivity index (χ1n) is 18.5. The summed E-state index contributed by atoms with van der Waals surface area (Å²) in [4.78, 5) is 26.1. The van der Waals surface area contributed by atoms with Crippen LogP contribution in [0.4, 0.5) is 45.9 Å². The van der Waals surface area contributed by atoms with Crippen molar-refractivity contribution < 1.29 is 0 Å². The van der Waals surface area contributed by atoms with Crippen molar-refractivity contribution >= 4 is 45.9 Å². The van der Waals surface area contributed by atoms with Crippen molar-refractivity contribution in [2.75, 3.05) is 19.6 Å². The zero-order chi connectivity index (χ0) is 35.1. The second kappa shape index (κ2) is 10.0. The first-order valence-corrected chi connectivity index (χ1v) is 18.5. The van der Waals surface area contributed by atoms with Crippen molar-refractivity contribution in [3.63, 3.8) is 0 Å². The first-order chi connectivity index (χ1) is 25.2. The summed E-state index contributed by atoms with van der Waals surface area (Å²) in [6.07, 6.45) is 3.84. The van der Waals surface area contributed by atoms with E-state index in [-0.39, 0.29) is 40.4 Å². The maximum atomic E-state index is 5.50. The topological polar surface area (TPSA) is 51.6 Å². The third-order valence-electron chi connectivity index (χ3n) is 13.2. The standard InChI is InChI=1S/C45H41N7/c1-43(2,3)35-27-47-39-40(48-35)50(29-19-10-7-11-20-29)41-37-36(30-21-12-14-23-32(30)51(39)41)44(4)31-22-13-15-24-33(31)52-38-34(25-16-26-46-38)49(42(52)45(37,44)5)28-17-8-6-9-18-28/h6-27,36-37,41-42H,1-5H3. The molecular weight excluding hydrogens is 639 g/mol. The number of hydrogen-bond donors (Lipinski definition) is 0. The fraction of sp³-hybridized carbons (Fsp3) is 0.267. The van der Waals surface area contributed by atoms with Crippen LogP contribution in [0.5, 0.6) is 0 Å². The lowest BCUT2D eigenvalue weighted by Crippen LogP contribution is -2.80. The van der Waals surface area contributed by atoms with Crippen LogP contribution in [0.2, 0.25) is 0 Å². The molecule has 256 valence electrons. The van der Waals surface area contributed by atoms with Gasteiger partial charge < -0.3 is 19.6 Å². The molecule has 2 aromatic heterocycles. The summed E-state index contributed by atoms with van der Waals surface area (Å²) in [5.74, 6) is 3.27. The predicted octanol–water partition coefficient (Wildman–Crippen LogP) is 10.1. The summed E-state index contributed by atoms with van der Waals surface area (Å²) in [7, 11) is 0. The lowest BCUT2D eigenvalue weighted by atomic mass is 9.32. The quantitative estimate of drug-likeness (QED) is 0.181. The SMILES string of the molecule is CC(C)(C)c1cnc2c(n1)N(c1ccccc1)C1C3C(c4ccccc4N21)C1(C)c2ccccc2N2c4ncccc4N(c4ccccc4)C2C31C. The second-order valence-electron chi connectivity index (χ2n) is 16.5. The Morgan fingerprint density at radius 3 is 1.94 bits per heavy atom. The van der Waals surface area contributed by atoms with Gasteiger partial charge in [0, 0.05) is 57.0 Å². The van der Waals surface area contributed by atoms with Crippen molar-refractivity contribution in [3.8, 4) is 0 Å². The zero-order valence-corrected chi connectivity index (χ0v) is 30.1. The highest BCUT2D eigenvalue weighted by Crippen LogP contribution is 2.80. The van der Waals surface area contributed by atoms with Crippen LogP contribution >= 0.6 is 0 Å². The Labute approximate surface area is 305 Å². The van der Waals surface area contributed by atoms with E-state index in [2.05, 4.69) is 176 Å². The van der Waals surface area contributed by atoms with Crippen molar-refractivity contribution in [1.29, 1.82) is 0 Å². The van der Waals surface area contributed by atoms with Gasteiger partial charge in [-0.05, 0) is 59.7 Å². The highest BCUT2D eigenvalue weighted by Gasteiger charge is 2.80. The van der Waals surface area contributed by atoms with E-state index in [1.54, 1.807) is 0 Å². The lowest BCUT2D eigenvalue weighted by molar-refractivity contribution is -0.125. The molecule has 52 heavy (non-hydrogen) atoms. The minimum Gasteiger partial charge on any atom is -0.316 e. The molecule has 7 heteroatoms. The largest absolute Gasteiger partial charge is 0.316 e. The minimum atomic E-state index is -0.291. The number of para-hydroxylation sites is 4. The number of aromatic nitrogens is 3. The first kappa shape index (κ1) is 30.0. The van der Waals surface area contributed by atoms with E-state index in [1.807, 2.05) is 12.4 Å². The molecule has 0 saturated heterocycles. The molecule has 0 spiro atoms. The normalized spacial score (nSPS) is 27.3. The molecule has 0 amide bonds. The van der Waals surface area contributed by atoms with Gasteiger partial charge in [0.25, 0.3) is 0 Å². The van der Waals surface area contributed by atoms with E-state index in [9.17, 15) is 0 Å². The second-order valence-corrected chi connectivity index (χ2v) is 16.5. The molecule has 1 fully saturated rings. The molecule has 4 aliphatic heterocycles. The van der Waals surface area contributed by atoms with Gasteiger partial charge in [-0.2, -0.15) is 0 Å². The maximum Gasteiger partial charge on any atom is 0.178 e. The third-order valence-corrected chi connectivity index (χ3v) is 13.2. The van der Waals surface area contributed by atoms with Gasteiger partial charge >= 0.3 is 0 Å². The van der Waals surface area contributed by atoms with Crippen molar-refractivity contribution in [1.82, 2.24) is 15.0 Å². The molecule has 5 aliphatic rings. The Morgan fingerprint density at radius 2 is 1.21 bits per heavy atom. The van der Waals surface area contributed by atoms with Crippen LogP contribution in [-0.4, -0.2) is 27.3 Å².